The summed E-state index contributed by atoms with van der Waals surface area (Å²) in [6.07, 6.45) is 0.583. The Kier molecular flexibility index (Phi) is 9.19. The molecular formula is C18H22N4O10. The average Bonchev–Trinajstić information content (AvgIpc) is 2.74. The van der Waals surface area contributed by atoms with Gasteiger partial charge in [-0.1, -0.05) is 0 Å². The summed E-state index contributed by atoms with van der Waals surface area (Å²) < 4.78 is 0. The van der Waals surface area contributed by atoms with Gasteiger partial charge in [0.05, 0.1) is 17.6 Å². The van der Waals surface area contributed by atoms with Crippen molar-refractivity contribution in [3.05, 3.63) is 54.6 Å². The van der Waals surface area contributed by atoms with E-state index >= 15 is 0 Å². The number of nitrogens with zero attached hydrogens (tertiary/aromatic N) is 4. The lowest BCUT2D eigenvalue weighted by Crippen LogP contribution is -2.41. The molecule has 0 saturated carbocycles. The van der Waals surface area contributed by atoms with E-state index in [0.717, 1.165) is 11.0 Å². The Balaban J connectivity index is 3.29. The lowest BCUT2D eigenvalue weighted by atomic mass is 9.97. The van der Waals surface area contributed by atoms with Crippen LogP contribution in [0, 0.1) is 27.2 Å². The molecule has 0 spiro atoms. The Morgan fingerprint density at radius 1 is 1.00 bits per heavy atom. The van der Waals surface area contributed by atoms with E-state index in [2.05, 4.69) is 9.68 Å². The van der Waals surface area contributed by atoms with Gasteiger partial charge in [0.2, 0.25) is 6.41 Å². The van der Waals surface area contributed by atoms with Gasteiger partial charge in [-0.05, 0) is 38.5 Å². The summed E-state index contributed by atoms with van der Waals surface area (Å²) in [5.41, 5.74) is -0.0398. The van der Waals surface area contributed by atoms with Crippen LogP contribution in [0.3, 0.4) is 0 Å². The first-order chi connectivity index (χ1) is 14.9. The van der Waals surface area contributed by atoms with Crippen molar-refractivity contribution in [2.45, 2.75) is 32.9 Å². The summed E-state index contributed by atoms with van der Waals surface area (Å²) in [6.45, 7) is 3.32. The van der Waals surface area contributed by atoms with E-state index < -0.39 is 47.3 Å². The normalized spacial score (nSPS) is 12.1. The molecule has 0 heterocycles. The summed E-state index contributed by atoms with van der Waals surface area (Å²) in [6, 6.07) is 0.648. The van der Waals surface area contributed by atoms with Gasteiger partial charge < -0.3 is 14.6 Å². The fraction of sp³-hybridized carbons (Fsp3) is 0.444. The summed E-state index contributed by atoms with van der Waals surface area (Å²) in [5, 5.41) is 18.7. The smallest absolute Gasteiger partial charge is 0.294 e. The maximum Gasteiger partial charge on any atom is 0.294 e. The SMILES string of the molecule is Cc1cc(C=O)c(C(=O)N(C)C(C)CO[N+](=O)[O-])cc1C(=O)N(C=O)C(C)CO[N+](=O)[O-]. The third kappa shape index (κ3) is 6.45. The molecule has 14 nitrogen and oxygen atoms in total. The standard InChI is InChI=1S/C18H22N4O10/c1-11-5-14(7-23)16(17(25)19(4)12(2)8-31-21(27)28)6-15(11)18(26)20(10-24)13(3)9-32-22(29)30/h5-7,10,12-13H,8-9H2,1-4H3. The second-order valence-electron chi connectivity index (χ2n) is 6.84. The average molecular weight is 454 g/mol. The van der Waals surface area contributed by atoms with E-state index in [1.807, 2.05) is 0 Å². The van der Waals surface area contributed by atoms with Crippen LogP contribution in [0.4, 0.5) is 0 Å². The van der Waals surface area contributed by atoms with Crippen LogP contribution in [0.2, 0.25) is 0 Å². The van der Waals surface area contributed by atoms with Crippen LogP contribution < -0.4 is 0 Å². The van der Waals surface area contributed by atoms with Gasteiger partial charge in [-0.15, -0.1) is 20.2 Å². The molecule has 0 aliphatic heterocycles. The van der Waals surface area contributed by atoms with Gasteiger partial charge in [0.15, 0.2) is 6.29 Å². The highest BCUT2D eigenvalue weighted by molar-refractivity contribution is 6.07. The Hall–Kier alpha value is -4.10. The minimum Gasteiger partial charge on any atom is -0.337 e. The van der Waals surface area contributed by atoms with Gasteiger partial charge in [0.25, 0.3) is 22.0 Å². The fourth-order valence-corrected chi connectivity index (χ4v) is 2.65. The van der Waals surface area contributed by atoms with E-state index in [4.69, 9.17) is 0 Å². The lowest BCUT2D eigenvalue weighted by molar-refractivity contribution is -0.758. The number of carbonyl (C=O) groups excluding carboxylic acids is 4. The topological polar surface area (TPSA) is 179 Å². The van der Waals surface area contributed by atoms with Crippen LogP contribution in [0.25, 0.3) is 0 Å². The van der Waals surface area contributed by atoms with Crippen LogP contribution in [0.5, 0.6) is 0 Å². The van der Waals surface area contributed by atoms with Crippen LogP contribution in [-0.2, 0) is 14.5 Å². The van der Waals surface area contributed by atoms with Crippen LogP contribution >= 0.6 is 0 Å². The monoisotopic (exact) mass is 454 g/mol. The molecule has 1 rings (SSSR count). The third-order valence-electron chi connectivity index (χ3n) is 4.63. The molecule has 0 fully saturated rings. The molecule has 1 aromatic carbocycles. The number of imide groups is 1. The molecule has 32 heavy (non-hydrogen) atoms. The second-order valence-corrected chi connectivity index (χ2v) is 6.84. The molecule has 2 atom stereocenters. The number of carbonyl (C=O) groups is 4. The molecule has 3 amide bonds. The zero-order valence-corrected chi connectivity index (χ0v) is 17.7. The molecule has 0 saturated heterocycles. The summed E-state index contributed by atoms with van der Waals surface area (Å²) in [7, 11) is 1.33. The van der Waals surface area contributed by atoms with Crippen molar-refractivity contribution < 1.29 is 39.0 Å². The molecule has 0 radical (unpaired) electrons. The number of aldehydes is 1. The highest BCUT2D eigenvalue weighted by Crippen LogP contribution is 2.20. The van der Waals surface area contributed by atoms with Crippen molar-refractivity contribution in [1.29, 1.82) is 0 Å². The Bertz CT molecular complexity index is 919. The van der Waals surface area contributed by atoms with Crippen molar-refractivity contribution in [3.8, 4) is 0 Å². The van der Waals surface area contributed by atoms with Gasteiger partial charge in [-0.3, -0.25) is 24.1 Å². The zero-order valence-electron chi connectivity index (χ0n) is 17.7. The highest BCUT2D eigenvalue weighted by Gasteiger charge is 2.27. The minimum atomic E-state index is -1.06. The molecule has 0 bridgehead atoms. The predicted octanol–water partition coefficient (Wildman–Crippen LogP) is 0.672. The van der Waals surface area contributed by atoms with Gasteiger partial charge in [0.1, 0.15) is 13.2 Å². The minimum absolute atomic E-state index is 0.0410. The van der Waals surface area contributed by atoms with E-state index in [0.29, 0.717) is 11.2 Å². The molecule has 2 unspecified atom stereocenters. The third-order valence-corrected chi connectivity index (χ3v) is 4.63. The number of likely N-dealkylation sites (N-methyl/N-ethyl adjacent to an activating group) is 1. The number of amides is 3. The maximum absolute atomic E-state index is 12.9. The molecule has 0 aromatic heterocycles. The van der Waals surface area contributed by atoms with Gasteiger partial charge in [0, 0.05) is 18.2 Å². The molecule has 1 aromatic rings. The summed E-state index contributed by atoms with van der Waals surface area (Å²) in [5.74, 6) is -1.58. The maximum atomic E-state index is 12.9. The Morgan fingerprint density at radius 3 is 2.00 bits per heavy atom. The Labute approximate surface area is 181 Å². The molecule has 174 valence electrons. The molecule has 0 aliphatic rings. The van der Waals surface area contributed by atoms with Crippen molar-refractivity contribution >= 4 is 24.5 Å². The van der Waals surface area contributed by atoms with Crippen molar-refractivity contribution in [2.75, 3.05) is 20.3 Å². The van der Waals surface area contributed by atoms with Gasteiger partial charge >= 0.3 is 0 Å². The number of rotatable bonds is 12. The number of hydrogen-bond acceptors (Lipinski definition) is 10. The first-order valence-corrected chi connectivity index (χ1v) is 9.14. The van der Waals surface area contributed by atoms with Gasteiger partial charge in [-0.25, -0.2) is 0 Å². The zero-order chi connectivity index (χ0) is 24.6. The van der Waals surface area contributed by atoms with E-state index in [-0.39, 0.29) is 28.7 Å². The Morgan fingerprint density at radius 2 is 1.53 bits per heavy atom. The number of aryl methyl sites for hydroxylation is 1. The van der Waals surface area contributed by atoms with Crippen LogP contribution in [0.1, 0.15) is 50.5 Å². The quantitative estimate of drug-likeness (QED) is 0.247. The lowest BCUT2D eigenvalue weighted by Gasteiger charge is -2.26. The first-order valence-electron chi connectivity index (χ1n) is 9.14. The van der Waals surface area contributed by atoms with Crippen molar-refractivity contribution in [3.63, 3.8) is 0 Å². The van der Waals surface area contributed by atoms with Gasteiger partial charge in [-0.2, -0.15) is 0 Å². The number of hydrogen-bond donors (Lipinski definition) is 0. The van der Waals surface area contributed by atoms with Crippen LogP contribution in [-0.4, -0.2) is 76.8 Å². The molecule has 0 aliphatic carbocycles. The summed E-state index contributed by atoms with van der Waals surface area (Å²) >= 11 is 0. The predicted molar refractivity (Wildman–Crippen MR) is 106 cm³/mol. The van der Waals surface area contributed by atoms with E-state index in [9.17, 15) is 39.4 Å². The summed E-state index contributed by atoms with van der Waals surface area (Å²) in [4.78, 5) is 79.7. The number of benzene rings is 1. The van der Waals surface area contributed by atoms with Crippen molar-refractivity contribution in [1.82, 2.24) is 9.80 Å². The molecule has 0 N–H and O–H groups in total. The first kappa shape index (κ1) is 25.9. The molecule has 14 heteroatoms. The fourth-order valence-electron chi connectivity index (χ4n) is 2.65. The van der Waals surface area contributed by atoms with E-state index in [1.54, 1.807) is 0 Å². The van der Waals surface area contributed by atoms with Crippen LogP contribution in [0.15, 0.2) is 12.1 Å². The highest BCUT2D eigenvalue weighted by atomic mass is 17.0. The van der Waals surface area contributed by atoms with Crippen molar-refractivity contribution in [2.24, 2.45) is 0 Å². The van der Waals surface area contributed by atoms with E-state index in [1.165, 1.54) is 33.9 Å². The molecular weight excluding hydrogens is 432 g/mol. The second kappa shape index (κ2) is 11.3. The largest absolute Gasteiger partial charge is 0.337 e.